The summed E-state index contributed by atoms with van der Waals surface area (Å²) in [5.74, 6) is 0.128. The zero-order chi connectivity index (χ0) is 13.5. The summed E-state index contributed by atoms with van der Waals surface area (Å²) in [6.07, 6.45) is 0.513. The number of nitrogens with zero attached hydrogens (tertiary/aromatic N) is 1. The van der Waals surface area contributed by atoms with Crippen molar-refractivity contribution < 1.29 is 4.79 Å². The molecule has 0 aliphatic rings. The maximum atomic E-state index is 12.0. The zero-order valence-electron chi connectivity index (χ0n) is 11.2. The highest BCUT2D eigenvalue weighted by molar-refractivity contribution is 6.31. The molecule has 0 saturated heterocycles. The van der Waals surface area contributed by atoms with Gasteiger partial charge in [-0.15, -0.1) is 0 Å². The first-order valence-corrected chi connectivity index (χ1v) is 6.66. The number of halogens is 1. The van der Waals surface area contributed by atoms with Crippen LogP contribution in [0.4, 0.5) is 0 Å². The van der Waals surface area contributed by atoms with Crippen molar-refractivity contribution in [3.8, 4) is 0 Å². The van der Waals surface area contributed by atoms with Gasteiger partial charge in [-0.3, -0.25) is 4.79 Å². The van der Waals surface area contributed by atoms with Crippen LogP contribution in [0.3, 0.4) is 0 Å². The molecule has 0 aliphatic carbocycles. The molecule has 1 unspecified atom stereocenters. The third kappa shape index (κ3) is 4.00. The number of rotatable bonds is 6. The Morgan fingerprint density at radius 2 is 2.11 bits per heavy atom. The van der Waals surface area contributed by atoms with Gasteiger partial charge in [0.15, 0.2) is 0 Å². The van der Waals surface area contributed by atoms with Crippen LogP contribution < -0.4 is 5.32 Å². The van der Waals surface area contributed by atoms with Gasteiger partial charge in [-0.25, -0.2) is 0 Å². The SMILES string of the molecule is CCNCCC(=O)N(C)C(C)c1ccccc1Cl. The first kappa shape index (κ1) is 15.0. The first-order valence-electron chi connectivity index (χ1n) is 6.28. The van der Waals surface area contributed by atoms with Gasteiger partial charge in [0.2, 0.25) is 5.91 Å². The summed E-state index contributed by atoms with van der Waals surface area (Å²) in [7, 11) is 1.82. The Morgan fingerprint density at radius 3 is 2.72 bits per heavy atom. The molecule has 0 spiro atoms. The molecule has 100 valence electrons. The Labute approximate surface area is 114 Å². The summed E-state index contributed by atoms with van der Waals surface area (Å²) in [5.41, 5.74) is 0.985. The van der Waals surface area contributed by atoms with E-state index < -0.39 is 0 Å². The number of carbonyl (C=O) groups excluding carboxylic acids is 1. The van der Waals surface area contributed by atoms with Gasteiger partial charge in [-0.05, 0) is 25.1 Å². The molecule has 0 fully saturated rings. The molecular weight excluding hydrogens is 248 g/mol. The first-order chi connectivity index (χ1) is 8.57. The number of carbonyl (C=O) groups is 1. The van der Waals surface area contributed by atoms with Crippen molar-refractivity contribution in [2.24, 2.45) is 0 Å². The minimum Gasteiger partial charge on any atom is -0.339 e. The van der Waals surface area contributed by atoms with Crippen LogP contribution in [0.25, 0.3) is 0 Å². The maximum absolute atomic E-state index is 12.0. The van der Waals surface area contributed by atoms with E-state index in [9.17, 15) is 4.79 Å². The minimum atomic E-state index is -0.00664. The second-order valence-electron chi connectivity index (χ2n) is 4.31. The van der Waals surface area contributed by atoms with Crippen molar-refractivity contribution in [3.05, 3.63) is 34.9 Å². The molecule has 0 aliphatic heterocycles. The monoisotopic (exact) mass is 268 g/mol. The van der Waals surface area contributed by atoms with Crippen molar-refractivity contribution in [1.82, 2.24) is 10.2 Å². The number of amides is 1. The van der Waals surface area contributed by atoms with E-state index in [-0.39, 0.29) is 11.9 Å². The molecule has 1 rings (SSSR count). The number of nitrogens with one attached hydrogen (secondary N) is 1. The molecule has 0 radical (unpaired) electrons. The highest BCUT2D eigenvalue weighted by atomic mass is 35.5. The lowest BCUT2D eigenvalue weighted by Gasteiger charge is -2.26. The standard InChI is InChI=1S/C14H21ClN2O/c1-4-16-10-9-14(18)17(3)11(2)12-7-5-6-8-13(12)15/h5-8,11,16H,4,9-10H2,1-3H3. The van der Waals surface area contributed by atoms with Crippen LogP contribution >= 0.6 is 11.6 Å². The molecule has 1 aromatic carbocycles. The lowest BCUT2D eigenvalue weighted by Crippen LogP contribution is -2.32. The van der Waals surface area contributed by atoms with E-state index in [0.717, 1.165) is 18.7 Å². The third-order valence-corrected chi connectivity index (χ3v) is 3.44. The van der Waals surface area contributed by atoms with Gasteiger partial charge < -0.3 is 10.2 Å². The number of hydrogen-bond donors (Lipinski definition) is 1. The van der Waals surface area contributed by atoms with Gasteiger partial charge in [0.1, 0.15) is 0 Å². The Kier molecular flexibility index (Phi) is 6.16. The van der Waals surface area contributed by atoms with E-state index in [1.165, 1.54) is 0 Å². The van der Waals surface area contributed by atoms with Crippen molar-refractivity contribution >= 4 is 17.5 Å². The van der Waals surface area contributed by atoms with E-state index in [0.29, 0.717) is 11.4 Å². The van der Waals surface area contributed by atoms with Gasteiger partial charge in [0.05, 0.1) is 6.04 Å². The average Bonchev–Trinajstić information content (AvgIpc) is 2.38. The van der Waals surface area contributed by atoms with Crippen LogP contribution in [-0.2, 0) is 4.79 Å². The summed E-state index contributed by atoms with van der Waals surface area (Å²) < 4.78 is 0. The molecule has 3 nitrogen and oxygen atoms in total. The molecule has 0 bridgehead atoms. The van der Waals surface area contributed by atoms with Crippen molar-refractivity contribution in [3.63, 3.8) is 0 Å². The topological polar surface area (TPSA) is 32.3 Å². The highest BCUT2D eigenvalue weighted by Crippen LogP contribution is 2.26. The van der Waals surface area contributed by atoms with Crippen LogP contribution in [0.1, 0.15) is 31.9 Å². The molecule has 1 amide bonds. The Hall–Kier alpha value is -1.06. The van der Waals surface area contributed by atoms with E-state index in [2.05, 4.69) is 5.32 Å². The lowest BCUT2D eigenvalue weighted by atomic mass is 10.1. The van der Waals surface area contributed by atoms with Crippen molar-refractivity contribution in [1.29, 1.82) is 0 Å². The summed E-state index contributed by atoms with van der Waals surface area (Å²) in [4.78, 5) is 13.7. The molecule has 4 heteroatoms. The third-order valence-electron chi connectivity index (χ3n) is 3.10. The Balaban J connectivity index is 2.63. The number of hydrogen-bond acceptors (Lipinski definition) is 2. The van der Waals surface area contributed by atoms with Gasteiger partial charge in [-0.2, -0.15) is 0 Å². The minimum absolute atomic E-state index is 0.00664. The van der Waals surface area contributed by atoms with Crippen LogP contribution in [0.2, 0.25) is 5.02 Å². The van der Waals surface area contributed by atoms with Crippen LogP contribution in [0.5, 0.6) is 0 Å². The molecule has 0 heterocycles. The van der Waals surface area contributed by atoms with E-state index in [1.54, 1.807) is 4.90 Å². The normalized spacial score (nSPS) is 12.2. The zero-order valence-corrected chi connectivity index (χ0v) is 12.0. The second-order valence-corrected chi connectivity index (χ2v) is 4.71. The Bertz CT molecular complexity index is 395. The van der Waals surface area contributed by atoms with Gasteiger partial charge >= 0.3 is 0 Å². The van der Waals surface area contributed by atoms with Crippen LogP contribution in [0, 0.1) is 0 Å². The van der Waals surface area contributed by atoms with Crippen molar-refractivity contribution in [2.45, 2.75) is 26.3 Å². The molecule has 1 aromatic rings. The second kappa shape index (κ2) is 7.39. The summed E-state index contributed by atoms with van der Waals surface area (Å²) >= 11 is 6.14. The average molecular weight is 269 g/mol. The smallest absolute Gasteiger partial charge is 0.224 e. The molecule has 1 N–H and O–H groups in total. The largest absolute Gasteiger partial charge is 0.339 e. The van der Waals surface area contributed by atoms with E-state index >= 15 is 0 Å². The van der Waals surface area contributed by atoms with E-state index in [4.69, 9.17) is 11.6 Å². The van der Waals surface area contributed by atoms with Gasteiger partial charge in [0.25, 0.3) is 0 Å². The molecule has 0 saturated carbocycles. The van der Waals surface area contributed by atoms with Crippen molar-refractivity contribution in [2.75, 3.05) is 20.1 Å². The lowest BCUT2D eigenvalue weighted by molar-refractivity contribution is -0.131. The number of benzene rings is 1. The summed E-state index contributed by atoms with van der Waals surface area (Å²) in [5, 5.41) is 3.86. The van der Waals surface area contributed by atoms with Crippen LogP contribution in [0.15, 0.2) is 24.3 Å². The predicted octanol–water partition coefficient (Wildman–Crippen LogP) is 2.86. The molecule has 1 atom stereocenters. The van der Waals surface area contributed by atoms with Gasteiger partial charge in [0, 0.05) is 25.0 Å². The molecule has 0 aromatic heterocycles. The van der Waals surface area contributed by atoms with E-state index in [1.807, 2.05) is 45.2 Å². The summed E-state index contributed by atoms with van der Waals surface area (Å²) in [6, 6.07) is 7.64. The highest BCUT2D eigenvalue weighted by Gasteiger charge is 2.18. The molecular formula is C14H21ClN2O. The van der Waals surface area contributed by atoms with Gasteiger partial charge in [-0.1, -0.05) is 36.7 Å². The molecule has 18 heavy (non-hydrogen) atoms. The summed E-state index contributed by atoms with van der Waals surface area (Å²) in [6.45, 7) is 5.62. The quantitative estimate of drug-likeness (QED) is 0.805. The Morgan fingerprint density at radius 1 is 1.44 bits per heavy atom. The predicted molar refractivity (Wildman–Crippen MR) is 75.8 cm³/mol. The fraction of sp³-hybridized carbons (Fsp3) is 0.500. The van der Waals surface area contributed by atoms with Crippen LogP contribution in [-0.4, -0.2) is 30.9 Å². The fourth-order valence-electron chi connectivity index (χ4n) is 1.79. The maximum Gasteiger partial charge on any atom is 0.224 e. The fourth-order valence-corrected chi connectivity index (χ4v) is 2.08.